The summed E-state index contributed by atoms with van der Waals surface area (Å²) in [6.07, 6.45) is 2.38. The Morgan fingerprint density at radius 2 is 1.34 bits per heavy atom. The molecule has 5 heteroatoms. The van der Waals surface area contributed by atoms with E-state index in [9.17, 15) is 4.79 Å². The molecule has 4 rings (SSSR count). The number of hydrogen-bond acceptors (Lipinski definition) is 3. The van der Waals surface area contributed by atoms with Crippen molar-refractivity contribution < 1.29 is 4.79 Å². The second kappa shape index (κ2) is 9.96. The van der Waals surface area contributed by atoms with Crippen LogP contribution in [0.3, 0.4) is 0 Å². The summed E-state index contributed by atoms with van der Waals surface area (Å²) in [5.41, 5.74) is 4.89. The van der Waals surface area contributed by atoms with E-state index < -0.39 is 5.54 Å². The highest BCUT2D eigenvalue weighted by Crippen LogP contribution is 2.40. The van der Waals surface area contributed by atoms with E-state index in [0.717, 1.165) is 53.0 Å². The van der Waals surface area contributed by atoms with Gasteiger partial charge < -0.3 is 10.6 Å². The van der Waals surface area contributed by atoms with Gasteiger partial charge in [0.2, 0.25) is 6.41 Å². The molecule has 1 heterocycles. The Hall–Kier alpha value is -3.86. The van der Waals surface area contributed by atoms with Gasteiger partial charge in [0.1, 0.15) is 11.4 Å². The molecule has 32 heavy (non-hydrogen) atoms. The van der Waals surface area contributed by atoms with Crippen LogP contribution in [0.1, 0.15) is 34.4 Å². The Bertz CT molecular complexity index is 1030. The Labute approximate surface area is 188 Å². The minimum atomic E-state index is -0.613. The van der Waals surface area contributed by atoms with Gasteiger partial charge in [-0.3, -0.25) is 9.89 Å². The van der Waals surface area contributed by atoms with Gasteiger partial charge in [-0.2, -0.15) is 5.10 Å². The zero-order chi connectivity index (χ0) is 22.2. The van der Waals surface area contributed by atoms with E-state index in [1.54, 1.807) is 0 Å². The lowest BCUT2D eigenvalue weighted by Gasteiger charge is -2.37. The van der Waals surface area contributed by atoms with E-state index in [2.05, 4.69) is 93.6 Å². The SMILES string of the molecule is Cc1n[nH]c(NC(c2ccccc2)(c2ccccc2)c2ccccc2)c1CCCNC=O. The normalized spacial score (nSPS) is 11.2. The first-order valence-corrected chi connectivity index (χ1v) is 10.9. The molecule has 162 valence electrons. The van der Waals surface area contributed by atoms with Gasteiger partial charge in [0, 0.05) is 12.1 Å². The molecule has 0 saturated heterocycles. The van der Waals surface area contributed by atoms with Crippen molar-refractivity contribution in [1.82, 2.24) is 15.5 Å². The number of nitrogens with zero attached hydrogens (tertiary/aromatic N) is 1. The molecular formula is C27H28N4O. The lowest BCUT2D eigenvalue weighted by molar-refractivity contribution is -0.109. The molecule has 0 bridgehead atoms. The first-order valence-electron chi connectivity index (χ1n) is 10.9. The summed E-state index contributed by atoms with van der Waals surface area (Å²) in [5.74, 6) is 0.894. The van der Waals surface area contributed by atoms with Crippen LogP contribution in [0.5, 0.6) is 0 Å². The van der Waals surface area contributed by atoms with E-state index >= 15 is 0 Å². The number of anilines is 1. The van der Waals surface area contributed by atoms with Crippen LogP contribution >= 0.6 is 0 Å². The molecule has 3 N–H and O–H groups in total. The largest absolute Gasteiger partial charge is 0.359 e. The number of carbonyl (C=O) groups is 1. The molecule has 1 amide bonds. The minimum Gasteiger partial charge on any atom is -0.359 e. The van der Waals surface area contributed by atoms with Gasteiger partial charge in [-0.15, -0.1) is 0 Å². The maximum Gasteiger partial charge on any atom is 0.207 e. The van der Waals surface area contributed by atoms with Gasteiger partial charge >= 0.3 is 0 Å². The molecule has 0 aliphatic rings. The second-order valence-corrected chi connectivity index (χ2v) is 7.81. The molecule has 5 nitrogen and oxygen atoms in total. The Morgan fingerprint density at radius 1 is 0.844 bits per heavy atom. The number of rotatable bonds is 10. The molecule has 0 radical (unpaired) electrons. The smallest absolute Gasteiger partial charge is 0.207 e. The van der Waals surface area contributed by atoms with Gasteiger partial charge in [0.15, 0.2) is 0 Å². The van der Waals surface area contributed by atoms with Crippen LogP contribution in [0.25, 0.3) is 0 Å². The Balaban J connectivity index is 1.86. The van der Waals surface area contributed by atoms with Crippen LogP contribution < -0.4 is 10.6 Å². The molecule has 0 saturated carbocycles. The van der Waals surface area contributed by atoms with Gasteiger partial charge in [-0.25, -0.2) is 0 Å². The van der Waals surface area contributed by atoms with Crippen LogP contribution in [-0.4, -0.2) is 23.2 Å². The van der Waals surface area contributed by atoms with Crippen molar-refractivity contribution in [3.8, 4) is 0 Å². The van der Waals surface area contributed by atoms with E-state index in [0.29, 0.717) is 6.54 Å². The number of H-pyrrole nitrogens is 1. The van der Waals surface area contributed by atoms with Gasteiger partial charge in [-0.1, -0.05) is 91.0 Å². The molecule has 0 fully saturated rings. The summed E-state index contributed by atoms with van der Waals surface area (Å²) in [4.78, 5) is 10.6. The van der Waals surface area contributed by atoms with Crippen molar-refractivity contribution in [2.75, 3.05) is 11.9 Å². The molecule has 4 aromatic rings. The van der Waals surface area contributed by atoms with Crippen LogP contribution in [0.4, 0.5) is 5.82 Å². The summed E-state index contributed by atoms with van der Waals surface area (Å²) in [6, 6.07) is 31.5. The van der Waals surface area contributed by atoms with Gasteiger partial charge in [0.25, 0.3) is 0 Å². The van der Waals surface area contributed by atoms with Crippen LogP contribution in [0.2, 0.25) is 0 Å². The van der Waals surface area contributed by atoms with Crippen molar-refractivity contribution >= 4 is 12.2 Å². The van der Waals surface area contributed by atoms with Gasteiger partial charge in [-0.05, 0) is 36.5 Å². The topological polar surface area (TPSA) is 69.8 Å². The number of hydrogen-bond donors (Lipinski definition) is 3. The molecule has 0 spiro atoms. The average Bonchev–Trinajstić information content (AvgIpc) is 3.20. The van der Waals surface area contributed by atoms with E-state index in [-0.39, 0.29) is 0 Å². The molecule has 0 aliphatic carbocycles. The maximum absolute atomic E-state index is 10.6. The highest BCUT2D eigenvalue weighted by Gasteiger charge is 2.37. The molecule has 0 atom stereocenters. The number of aromatic nitrogens is 2. The minimum absolute atomic E-state index is 0.613. The summed E-state index contributed by atoms with van der Waals surface area (Å²) >= 11 is 0. The monoisotopic (exact) mass is 424 g/mol. The lowest BCUT2D eigenvalue weighted by Crippen LogP contribution is -2.38. The van der Waals surface area contributed by atoms with E-state index in [4.69, 9.17) is 0 Å². The van der Waals surface area contributed by atoms with Crippen LogP contribution in [0, 0.1) is 6.92 Å². The third-order valence-electron chi connectivity index (χ3n) is 5.84. The number of carbonyl (C=O) groups excluding carboxylic acids is 1. The van der Waals surface area contributed by atoms with E-state index in [1.165, 1.54) is 0 Å². The zero-order valence-electron chi connectivity index (χ0n) is 18.2. The summed E-state index contributed by atoms with van der Waals surface area (Å²) < 4.78 is 0. The lowest BCUT2D eigenvalue weighted by atomic mass is 9.77. The van der Waals surface area contributed by atoms with Crippen LogP contribution in [0.15, 0.2) is 91.0 Å². The van der Waals surface area contributed by atoms with Crippen molar-refractivity contribution in [1.29, 1.82) is 0 Å². The molecular weight excluding hydrogens is 396 g/mol. The molecule has 0 aliphatic heterocycles. The highest BCUT2D eigenvalue weighted by molar-refractivity contribution is 5.60. The Kier molecular flexibility index (Phi) is 6.66. The Morgan fingerprint density at radius 3 is 1.81 bits per heavy atom. The second-order valence-electron chi connectivity index (χ2n) is 7.81. The van der Waals surface area contributed by atoms with Crippen molar-refractivity contribution in [3.05, 3.63) is 119 Å². The van der Waals surface area contributed by atoms with Crippen LogP contribution in [-0.2, 0) is 16.8 Å². The van der Waals surface area contributed by atoms with Gasteiger partial charge in [0.05, 0.1) is 5.69 Å². The standard InChI is InChI=1S/C27H28N4O/c1-21-25(18-11-19-28-20-32)26(31-30-21)29-27(22-12-5-2-6-13-22,23-14-7-3-8-15-23)24-16-9-4-10-17-24/h2-10,12-17,20H,11,18-19H2,1H3,(H,28,32)(H2,29,30,31). The predicted molar refractivity (Wildman–Crippen MR) is 129 cm³/mol. The average molecular weight is 425 g/mol. The molecule has 0 unspecified atom stereocenters. The fraction of sp³-hybridized carbons (Fsp3) is 0.185. The fourth-order valence-corrected chi connectivity index (χ4v) is 4.26. The van der Waals surface area contributed by atoms with Crippen molar-refractivity contribution in [2.45, 2.75) is 25.3 Å². The maximum atomic E-state index is 10.6. The number of aromatic amines is 1. The number of amides is 1. The van der Waals surface area contributed by atoms with Crippen molar-refractivity contribution in [2.24, 2.45) is 0 Å². The molecule has 3 aromatic carbocycles. The summed E-state index contributed by atoms with van der Waals surface area (Å²) in [5, 5.41) is 14.3. The third-order valence-corrected chi connectivity index (χ3v) is 5.84. The first kappa shape index (κ1) is 21.4. The highest BCUT2D eigenvalue weighted by atomic mass is 16.1. The number of nitrogens with one attached hydrogen (secondary N) is 3. The van der Waals surface area contributed by atoms with E-state index in [1.807, 2.05) is 25.1 Å². The quantitative estimate of drug-likeness (QED) is 0.195. The zero-order valence-corrected chi connectivity index (χ0v) is 18.2. The summed E-state index contributed by atoms with van der Waals surface area (Å²) in [7, 11) is 0. The number of benzene rings is 3. The summed E-state index contributed by atoms with van der Waals surface area (Å²) in [6.45, 7) is 2.65. The molecule has 1 aromatic heterocycles. The predicted octanol–water partition coefficient (Wildman–Crippen LogP) is 4.80. The third kappa shape index (κ3) is 4.28. The number of aryl methyl sites for hydroxylation is 1. The first-order chi connectivity index (χ1) is 15.8. The fourth-order valence-electron chi connectivity index (χ4n) is 4.26. The van der Waals surface area contributed by atoms with Crippen molar-refractivity contribution in [3.63, 3.8) is 0 Å².